The third kappa shape index (κ3) is 4.67. The lowest BCUT2D eigenvalue weighted by Crippen LogP contribution is -2.25. The molecular weight excluding hydrogens is 334 g/mol. The maximum Gasteiger partial charge on any atom is 0.231 e. The van der Waals surface area contributed by atoms with Crippen molar-refractivity contribution >= 4 is 5.91 Å². The summed E-state index contributed by atoms with van der Waals surface area (Å²) in [5.41, 5.74) is 1.84. The highest BCUT2D eigenvalue weighted by Crippen LogP contribution is 2.34. The second-order valence-electron chi connectivity index (χ2n) is 6.12. The van der Waals surface area contributed by atoms with Crippen LogP contribution in [-0.4, -0.2) is 31.5 Å². The van der Waals surface area contributed by atoms with Crippen LogP contribution in [0.4, 0.5) is 0 Å². The molecule has 0 aromatic heterocycles. The molecule has 2 aromatic rings. The van der Waals surface area contributed by atoms with Crippen molar-refractivity contribution in [3.05, 3.63) is 53.6 Å². The molecule has 3 rings (SSSR count). The van der Waals surface area contributed by atoms with Crippen LogP contribution in [0.1, 0.15) is 30.1 Å². The number of carbonyl (C=O) groups is 1. The van der Waals surface area contributed by atoms with Gasteiger partial charge < -0.3 is 24.6 Å². The largest absolute Gasteiger partial charge is 0.497 e. The number of methoxy groups -OCH3 is 1. The fraction of sp³-hybridized carbons (Fsp3) is 0.350. The molecule has 2 aromatic carbocycles. The van der Waals surface area contributed by atoms with Crippen LogP contribution in [0.25, 0.3) is 0 Å². The average molecular weight is 357 g/mol. The minimum Gasteiger partial charge on any atom is -0.497 e. The van der Waals surface area contributed by atoms with Crippen LogP contribution in [-0.2, 0) is 11.2 Å². The predicted molar refractivity (Wildman–Crippen MR) is 96.5 cm³/mol. The van der Waals surface area contributed by atoms with Crippen molar-refractivity contribution in [3.63, 3.8) is 0 Å². The van der Waals surface area contributed by atoms with Gasteiger partial charge in [0.25, 0.3) is 0 Å². The molecule has 0 saturated carbocycles. The molecule has 0 fully saturated rings. The number of hydrogen-bond acceptors (Lipinski definition) is 5. The summed E-state index contributed by atoms with van der Waals surface area (Å²) in [7, 11) is 1.63. The Balaban J connectivity index is 1.39. The molecule has 26 heavy (non-hydrogen) atoms. The summed E-state index contributed by atoms with van der Waals surface area (Å²) in [5.74, 6) is 2.10. The van der Waals surface area contributed by atoms with Crippen LogP contribution >= 0.6 is 0 Å². The van der Waals surface area contributed by atoms with Crippen LogP contribution in [0.2, 0.25) is 0 Å². The van der Waals surface area contributed by atoms with E-state index in [0.29, 0.717) is 37.3 Å². The van der Waals surface area contributed by atoms with Crippen LogP contribution in [0, 0.1) is 0 Å². The fourth-order valence-corrected chi connectivity index (χ4v) is 2.77. The number of fused-ring (bicyclic) bond motifs is 1. The van der Waals surface area contributed by atoms with Gasteiger partial charge in [0.15, 0.2) is 11.5 Å². The smallest absolute Gasteiger partial charge is 0.231 e. The van der Waals surface area contributed by atoms with Crippen LogP contribution in [0.5, 0.6) is 17.2 Å². The molecule has 1 atom stereocenters. The Morgan fingerprint density at radius 2 is 1.96 bits per heavy atom. The van der Waals surface area contributed by atoms with Gasteiger partial charge in [-0.2, -0.15) is 0 Å². The summed E-state index contributed by atoms with van der Waals surface area (Å²) >= 11 is 0. The Morgan fingerprint density at radius 3 is 2.73 bits per heavy atom. The van der Waals surface area contributed by atoms with Crippen molar-refractivity contribution in [2.75, 3.05) is 20.4 Å². The molecule has 0 spiro atoms. The van der Waals surface area contributed by atoms with Gasteiger partial charge in [-0.05, 0) is 48.2 Å². The van der Waals surface area contributed by atoms with Gasteiger partial charge in [0.05, 0.1) is 13.2 Å². The zero-order valence-electron chi connectivity index (χ0n) is 14.7. The number of hydrogen-bond donors (Lipinski definition) is 2. The summed E-state index contributed by atoms with van der Waals surface area (Å²) < 4.78 is 15.7. The highest BCUT2D eigenvalue weighted by molar-refractivity contribution is 5.76. The lowest BCUT2D eigenvalue weighted by Gasteiger charge is -2.12. The lowest BCUT2D eigenvalue weighted by molar-refractivity contribution is -0.121. The van der Waals surface area contributed by atoms with Crippen LogP contribution in [0.15, 0.2) is 42.5 Å². The van der Waals surface area contributed by atoms with Crippen molar-refractivity contribution in [2.24, 2.45) is 0 Å². The number of amides is 1. The average Bonchev–Trinajstić information content (AvgIpc) is 3.14. The zero-order valence-corrected chi connectivity index (χ0v) is 14.7. The molecular formula is C20H23NO5. The zero-order chi connectivity index (χ0) is 18.4. The Kier molecular flexibility index (Phi) is 5.96. The van der Waals surface area contributed by atoms with Gasteiger partial charge in [-0.1, -0.05) is 18.2 Å². The highest BCUT2D eigenvalue weighted by Gasteiger charge is 2.16. The first-order chi connectivity index (χ1) is 12.7. The van der Waals surface area contributed by atoms with Gasteiger partial charge >= 0.3 is 0 Å². The number of rotatable bonds is 8. The van der Waals surface area contributed by atoms with E-state index in [9.17, 15) is 9.90 Å². The Bertz CT molecular complexity index is 744. The molecule has 0 radical (unpaired) electrons. The predicted octanol–water partition coefficient (Wildman–Crippen LogP) is 2.60. The molecule has 1 aliphatic heterocycles. The van der Waals surface area contributed by atoms with Crippen molar-refractivity contribution in [2.45, 2.75) is 25.4 Å². The number of ether oxygens (including phenoxy) is 3. The van der Waals surface area contributed by atoms with E-state index in [1.54, 1.807) is 19.2 Å². The second kappa shape index (κ2) is 8.58. The maximum absolute atomic E-state index is 12.0. The molecule has 1 aliphatic rings. The first-order valence-corrected chi connectivity index (χ1v) is 8.63. The van der Waals surface area contributed by atoms with E-state index >= 15 is 0 Å². The van der Waals surface area contributed by atoms with E-state index in [1.165, 1.54) is 0 Å². The first-order valence-electron chi connectivity index (χ1n) is 8.63. The first kappa shape index (κ1) is 18.1. The Morgan fingerprint density at radius 1 is 1.19 bits per heavy atom. The van der Waals surface area contributed by atoms with Crippen molar-refractivity contribution in [1.29, 1.82) is 0 Å². The van der Waals surface area contributed by atoms with Gasteiger partial charge in [-0.25, -0.2) is 0 Å². The van der Waals surface area contributed by atoms with Gasteiger partial charge in [-0.15, -0.1) is 0 Å². The van der Waals surface area contributed by atoms with E-state index in [1.807, 2.05) is 30.3 Å². The van der Waals surface area contributed by atoms with Gasteiger partial charge in [0.2, 0.25) is 12.7 Å². The third-order valence-electron chi connectivity index (χ3n) is 4.32. The number of aryl methyl sites for hydroxylation is 1. The highest BCUT2D eigenvalue weighted by atomic mass is 16.7. The number of carbonyl (C=O) groups excluding carboxylic acids is 1. The quantitative estimate of drug-likeness (QED) is 0.759. The minimum absolute atomic E-state index is 0.0290. The molecule has 6 heteroatoms. The summed E-state index contributed by atoms with van der Waals surface area (Å²) in [4.78, 5) is 12.0. The summed E-state index contributed by atoms with van der Waals surface area (Å²) in [6.07, 6.45) is 0.854. The van der Waals surface area contributed by atoms with E-state index in [-0.39, 0.29) is 12.7 Å². The Hall–Kier alpha value is -2.73. The second-order valence-corrected chi connectivity index (χ2v) is 6.12. The standard InChI is InChI=1S/C20H23NO5/c1-24-16-6-2-14(3-7-16)4-9-20(23)21-11-10-17(22)15-5-8-18-19(12-15)26-13-25-18/h2-3,5-8,12,17,22H,4,9-11,13H2,1H3,(H,21,23). The number of nitrogens with one attached hydrogen (secondary N) is 1. The maximum atomic E-state index is 12.0. The molecule has 1 heterocycles. The van der Waals surface area contributed by atoms with Gasteiger partial charge in [-0.3, -0.25) is 4.79 Å². The molecule has 6 nitrogen and oxygen atoms in total. The molecule has 0 bridgehead atoms. The van der Waals surface area contributed by atoms with Crippen LogP contribution in [0.3, 0.4) is 0 Å². The third-order valence-corrected chi connectivity index (χ3v) is 4.32. The van der Waals surface area contributed by atoms with E-state index < -0.39 is 6.10 Å². The molecule has 1 unspecified atom stereocenters. The fourth-order valence-electron chi connectivity index (χ4n) is 2.77. The molecule has 2 N–H and O–H groups in total. The van der Waals surface area contributed by atoms with E-state index in [4.69, 9.17) is 14.2 Å². The summed E-state index contributed by atoms with van der Waals surface area (Å²) in [6, 6.07) is 13.0. The number of benzene rings is 2. The SMILES string of the molecule is COc1ccc(CCC(=O)NCCC(O)c2ccc3c(c2)OCO3)cc1. The normalized spacial score (nSPS) is 13.3. The summed E-state index contributed by atoms with van der Waals surface area (Å²) in [6.45, 7) is 0.621. The van der Waals surface area contributed by atoms with Crippen molar-refractivity contribution < 1.29 is 24.1 Å². The topological polar surface area (TPSA) is 77.0 Å². The molecule has 0 saturated heterocycles. The van der Waals surface area contributed by atoms with Crippen LogP contribution < -0.4 is 19.5 Å². The van der Waals surface area contributed by atoms with E-state index in [2.05, 4.69) is 5.32 Å². The van der Waals surface area contributed by atoms with E-state index in [0.717, 1.165) is 16.9 Å². The number of aliphatic hydroxyl groups excluding tert-OH is 1. The van der Waals surface area contributed by atoms with Crippen molar-refractivity contribution in [3.8, 4) is 17.2 Å². The lowest BCUT2D eigenvalue weighted by atomic mass is 10.1. The molecule has 138 valence electrons. The van der Waals surface area contributed by atoms with Crippen molar-refractivity contribution in [1.82, 2.24) is 5.32 Å². The summed E-state index contributed by atoms with van der Waals surface area (Å²) in [5, 5.41) is 13.1. The molecule has 0 aliphatic carbocycles. The number of aliphatic hydroxyl groups is 1. The minimum atomic E-state index is -0.661. The van der Waals surface area contributed by atoms with Gasteiger partial charge in [0.1, 0.15) is 5.75 Å². The Labute approximate surface area is 152 Å². The van der Waals surface area contributed by atoms with Gasteiger partial charge in [0, 0.05) is 13.0 Å². The monoisotopic (exact) mass is 357 g/mol. The molecule has 1 amide bonds.